The highest BCUT2D eigenvalue weighted by atomic mass is 19.1. The van der Waals surface area contributed by atoms with Crippen LogP contribution in [0.2, 0.25) is 0 Å². The highest BCUT2D eigenvalue weighted by Crippen LogP contribution is 2.27. The van der Waals surface area contributed by atoms with Gasteiger partial charge in [-0.1, -0.05) is 6.92 Å². The van der Waals surface area contributed by atoms with E-state index in [-0.39, 0.29) is 5.82 Å². The fourth-order valence-electron chi connectivity index (χ4n) is 3.24. The second kappa shape index (κ2) is 7.26. The van der Waals surface area contributed by atoms with Gasteiger partial charge in [-0.25, -0.2) is 14.2 Å². The summed E-state index contributed by atoms with van der Waals surface area (Å²) in [4.78, 5) is 15.8. The molecule has 0 saturated carbocycles. The molecule has 0 aliphatic rings. The van der Waals surface area contributed by atoms with E-state index in [1.165, 1.54) is 6.07 Å². The molecule has 0 aliphatic carbocycles. The summed E-state index contributed by atoms with van der Waals surface area (Å²) >= 11 is 0. The number of primary amides is 1. The number of hydrogen-bond donors (Lipinski definition) is 2. The van der Waals surface area contributed by atoms with Gasteiger partial charge in [0.25, 0.3) is 0 Å². The molecule has 1 amide bonds. The van der Waals surface area contributed by atoms with Gasteiger partial charge in [-0.05, 0) is 56.0 Å². The second-order valence-corrected chi connectivity index (χ2v) is 6.55. The van der Waals surface area contributed by atoms with E-state index in [1.807, 2.05) is 32.1 Å². The summed E-state index contributed by atoms with van der Waals surface area (Å²) in [5, 5.41) is 3.36. The minimum Gasteiger partial charge on any atom is -0.409 e. The third-order valence-electron chi connectivity index (χ3n) is 4.76. The Hall–Kier alpha value is -3.09. The Balaban J connectivity index is 2.02. The molecule has 1 aromatic carbocycles. The Morgan fingerprint density at radius 1 is 1.30 bits per heavy atom. The first-order valence-electron chi connectivity index (χ1n) is 8.78. The lowest BCUT2D eigenvalue weighted by atomic mass is 9.99. The van der Waals surface area contributed by atoms with E-state index in [0.717, 1.165) is 40.1 Å². The first kappa shape index (κ1) is 18.7. The van der Waals surface area contributed by atoms with Crippen molar-refractivity contribution in [2.24, 2.45) is 5.73 Å². The predicted octanol–water partition coefficient (Wildman–Crippen LogP) is 4.03. The number of imidazole rings is 1. The predicted molar refractivity (Wildman–Crippen MR) is 103 cm³/mol. The molecule has 6 nitrogen and oxygen atoms in total. The van der Waals surface area contributed by atoms with Gasteiger partial charge in [-0.15, -0.1) is 0 Å². The van der Waals surface area contributed by atoms with Gasteiger partial charge in [-0.3, -0.25) is 4.40 Å². The number of halogens is 1. The van der Waals surface area contributed by atoms with Crippen LogP contribution in [0.25, 0.3) is 5.65 Å². The number of pyridine rings is 1. The number of nitrogens with one attached hydrogen (secondary N) is 1. The van der Waals surface area contributed by atoms with Gasteiger partial charge in [0.15, 0.2) is 11.4 Å². The molecule has 142 valence electrons. The first-order valence-corrected chi connectivity index (χ1v) is 8.78. The van der Waals surface area contributed by atoms with E-state index in [4.69, 9.17) is 10.5 Å². The van der Waals surface area contributed by atoms with Crippen molar-refractivity contribution in [3.8, 4) is 5.75 Å². The molecule has 2 aromatic heterocycles. The molecule has 0 bridgehead atoms. The van der Waals surface area contributed by atoms with Crippen LogP contribution >= 0.6 is 0 Å². The average molecular weight is 370 g/mol. The smallest absolute Gasteiger partial charge is 0.409 e. The van der Waals surface area contributed by atoms with Crippen LogP contribution in [0, 0.1) is 26.6 Å². The van der Waals surface area contributed by atoms with Crippen molar-refractivity contribution in [3.63, 3.8) is 0 Å². The molecular weight excluding hydrogens is 347 g/mol. The van der Waals surface area contributed by atoms with Crippen LogP contribution in [0.1, 0.15) is 35.0 Å². The zero-order valence-electron chi connectivity index (χ0n) is 15.9. The minimum absolute atomic E-state index is 0.230. The summed E-state index contributed by atoms with van der Waals surface area (Å²) in [5.41, 5.74) is 11.3. The van der Waals surface area contributed by atoms with E-state index in [1.54, 1.807) is 18.3 Å². The maximum absolute atomic E-state index is 13.7. The van der Waals surface area contributed by atoms with E-state index in [9.17, 15) is 9.18 Å². The summed E-state index contributed by atoms with van der Waals surface area (Å²) in [5.74, 6) is 0.0939. The van der Waals surface area contributed by atoms with Crippen molar-refractivity contribution in [2.75, 3.05) is 5.32 Å². The molecule has 3 rings (SSSR count). The number of aromatic nitrogens is 2. The third-order valence-corrected chi connectivity index (χ3v) is 4.76. The Kier molecular flexibility index (Phi) is 5.03. The van der Waals surface area contributed by atoms with Crippen LogP contribution < -0.4 is 15.8 Å². The topological polar surface area (TPSA) is 81.6 Å². The number of hydrogen-bond acceptors (Lipinski definition) is 4. The number of aryl methyl sites for hydroxylation is 4. The second-order valence-electron chi connectivity index (χ2n) is 6.55. The van der Waals surface area contributed by atoms with E-state index in [0.29, 0.717) is 18.0 Å². The fraction of sp³-hybridized carbons (Fsp3) is 0.300. The quantitative estimate of drug-likeness (QED) is 0.710. The summed E-state index contributed by atoms with van der Waals surface area (Å²) in [6.45, 7) is 8.24. The Labute approximate surface area is 157 Å². The van der Waals surface area contributed by atoms with Gasteiger partial charge < -0.3 is 15.8 Å². The molecule has 0 fully saturated rings. The van der Waals surface area contributed by atoms with Crippen LogP contribution in [0.5, 0.6) is 5.75 Å². The molecule has 0 radical (unpaired) electrons. The number of benzene rings is 1. The molecule has 0 saturated heterocycles. The number of rotatable bonds is 5. The summed E-state index contributed by atoms with van der Waals surface area (Å²) < 4.78 is 20.6. The van der Waals surface area contributed by atoms with E-state index < -0.39 is 6.09 Å². The summed E-state index contributed by atoms with van der Waals surface area (Å²) in [7, 11) is 0. The molecule has 3 aromatic rings. The third kappa shape index (κ3) is 3.72. The fourth-order valence-corrected chi connectivity index (χ4v) is 3.24. The lowest BCUT2D eigenvalue weighted by Gasteiger charge is -2.15. The van der Waals surface area contributed by atoms with Gasteiger partial charge in [-0.2, -0.15) is 0 Å². The number of carbonyl (C=O) groups excluding carboxylic acids is 1. The highest BCUT2D eigenvalue weighted by Gasteiger charge is 2.14. The van der Waals surface area contributed by atoms with Crippen molar-refractivity contribution in [1.82, 2.24) is 9.38 Å². The molecule has 0 atom stereocenters. The van der Waals surface area contributed by atoms with Gasteiger partial charge in [0.05, 0.1) is 17.6 Å². The number of nitrogens with zero attached hydrogens (tertiary/aromatic N) is 2. The van der Waals surface area contributed by atoms with Crippen molar-refractivity contribution < 1.29 is 13.9 Å². The van der Waals surface area contributed by atoms with Crippen LogP contribution in [0.4, 0.5) is 14.9 Å². The highest BCUT2D eigenvalue weighted by molar-refractivity contribution is 5.73. The molecule has 0 aliphatic heterocycles. The summed E-state index contributed by atoms with van der Waals surface area (Å²) in [6, 6.07) is 4.79. The molecule has 7 heteroatoms. The van der Waals surface area contributed by atoms with Crippen molar-refractivity contribution >= 4 is 17.4 Å². The number of carbonyl (C=O) groups is 1. The molecular formula is C20H23FN4O2. The number of fused-ring (bicyclic) bond motifs is 1. The van der Waals surface area contributed by atoms with Gasteiger partial charge >= 0.3 is 6.09 Å². The summed E-state index contributed by atoms with van der Waals surface area (Å²) in [6.07, 6.45) is 1.54. The lowest BCUT2D eigenvalue weighted by molar-refractivity contribution is 0.210. The number of ether oxygens (including phenoxy) is 1. The lowest BCUT2D eigenvalue weighted by Crippen LogP contribution is -2.17. The Morgan fingerprint density at radius 2 is 2.04 bits per heavy atom. The van der Waals surface area contributed by atoms with E-state index >= 15 is 0 Å². The maximum Gasteiger partial charge on any atom is 0.410 e. The minimum atomic E-state index is -0.877. The zero-order chi connectivity index (χ0) is 19.7. The van der Waals surface area contributed by atoms with Gasteiger partial charge in [0.1, 0.15) is 5.82 Å². The average Bonchev–Trinajstić information content (AvgIpc) is 2.88. The number of amides is 1. The number of nitrogens with two attached hydrogens (primary N) is 1. The van der Waals surface area contributed by atoms with Crippen molar-refractivity contribution in [2.45, 2.75) is 40.7 Å². The first-order chi connectivity index (χ1) is 12.8. The van der Waals surface area contributed by atoms with Crippen molar-refractivity contribution in [3.05, 3.63) is 58.3 Å². The Bertz CT molecular complexity index is 1030. The molecule has 3 N–H and O–H groups in total. The normalized spacial score (nSPS) is 11.0. The standard InChI is InChI=1S/C20H23FN4O2/c1-5-14-7-15(21)6-11(2)17(14)9-23-18-8-16(27-20(22)26)10-25-13(4)12(3)24-19(18)25/h6-8,10,23H,5,9H2,1-4H3,(H2,22,26). The maximum atomic E-state index is 13.7. The van der Waals surface area contributed by atoms with Crippen molar-refractivity contribution in [1.29, 1.82) is 0 Å². The number of anilines is 1. The largest absolute Gasteiger partial charge is 0.410 e. The van der Waals surface area contributed by atoms with Crippen LogP contribution in [-0.2, 0) is 13.0 Å². The van der Waals surface area contributed by atoms with Crippen LogP contribution in [0.15, 0.2) is 24.4 Å². The monoisotopic (exact) mass is 370 g/mol. The van der Waals surface area contributed by atoms with Crippen LogP contribution in [-0.4, -0.2) is 15.5 Å². The molecule has 0 unspecified atom stereocenters. The Morgan fingerprint density at radius 3 is 2.70 bits per heavy atom. The van der Waals surface area contributed by atoms with Crippen LogP contribution in [0.3, 0.4) is 0 Å². The van der Waals surface area contributed by atoms with Gasteiger partial charge in [0, 0.05) is 18.3 Å². The van der Waals surface area contributed by atoms with E-state index in [2.05, 4.69) is 10.3 Å². The molecule has 0 spiro atoms. The van der Waals surface area contributed by atoms with Gasteiger partial charge in [0.2, 0.25) is 0 Å². The molecule has 2 heterocycles. The molecule has 27 heavy (non-hydrogen) atoms. The SMILES string of the molecule is CCc1cc(F)cc(C)c1CNc1cc(OC(N)=O)cn2c(C)c(C)nc12. The zero-order valence-corrected chi connectivity index (χ0v) is 15.9.